The Hall–Kier alpha value is -3.42. The number of hydrogen-bond acceptors (Lipinski definition) is 5. The van der Waals surface area contributed by atoms with Crippen LogP contribution in [0.3, 0.4) is 0 Å². The normalized spacial score (nSPS) is 10.3. The van der Waals surface area contributed by atoms with Crippen molar-refractivity contribution in [3.05, 3.63) is 66.4 Å². The number of aromatic nitrogens is 3. The van der Waals surface area contributed by atoms with Gasteiger partial charge in [-0.15, -0.1) is 5.10 Å². The number of benzene rings is 1. The highest BCUT2D eigenvalue weighted by atomic mass is 16.3. The molecule has 2 aromatic heterocycles. The van der Waals surface area contributed by atoms with Gasteiger partial charge in [-0.2, -0.15) is 9.90 Å². The van der Waals surface area contributed by atoms with Gasteiger partial charge in [-0.3, -0.25) is 9.59 Å². The maximum Gasteiger partial charge on any atom is 0.287 e. The van der Waals surface area contributed by atoms with Crippen LogP contribution in [0.1, 0.15) is 21.0 Å². The van der Waals surface area contributed by atoms with Gasteiger partial charge in [0.15, 0.2) is 11.5 Å². The topological polar surface area (TPSA) is 102 Å². The number of rotatable bonds is 6. The van der Waals surface area contributed by atoms with Crippen LogP contribution in [0.25, 0.3) is 5.69 Å². The first kappa shape index (κ1) is 15.5. The zero-order chi connectivity index (χ0) is 16.8. The lowest BCUT2D eigenvalue weighted by Gasteiger charge is -2.04. The third-order valence-electron chi connectivity index (χ3n) is 3.15. The van der Waals surface area contributed by atoms with E-state index in [9.17, 15) is 9.59 Å². The van der Waals surface area contributed by atoms with Crippen LogP contribution < -0.4 is 10.6 Å². The van der Waals surface area contributed by atoms with Crippen molar-refractivity contribution in [2.45, 2.75) is 0 Å². The van der Waals surface area contributed by atoms with Gasteiger partial charge in [0.2, 0.25) is 0 Å². The second-order valence-corrected chi connectivity index (χ2v) is 4.84. The van der Waals surface area contributed by atoms with E-state index < -0.39 is 0 Å². The van der Waals surface area contributed by atoms with Gasteiger partial charge in [0.25, 0.3) is 11.8 Å². The highest BCUT2D eigenvalue weighted by Gasteiger charge is 2.11. The molecule has 0 unspecified atom stereocenters. The number of furan rings is 1. The summed E-state index contributed by atoms with van der Waals surface area (Å²) in [7, 11) is 0. The van der Waals surface area contributed by atoms with Gasteiger partial charge in [0, 0.05) is 13.1 Å². The Morgan fingerprint density at radius 3 is 2.46 bits per heavy atom. The number of nitrogens with one attached hydrogen (secondary N) is 2. The van der Waals surface area contributed by atoms with Crippen molar-refractivity contribution in [2.75, 3.05) is 13.1 Å². The Kier molecular flexibility index (Phi) is 4.66. The second-order valence-electron chi connectivity index (χ2n) is 4.84. The lowest BCUT2D eigenvalue weighted by Crippen LogP contribution is -2.34. The van der Waals surface area contributed by atoms with Gasteiger partial charge >= 0.3 is 0 Å². The Labute approximate surface area is 137 Å². The molecule has 0 aliphatic carbocycles. The van der Waals surface area contributed by atoms with Crippen molar-refractivity contribution < 1.29 is 14.0 Å². The fourth-order valence-corrected chi connectivity index (χ4v) is 1.99. The van der Waals surface area contributed by atoms with E-state index in [4.69, 9.17) is 4.42 Å². The van der Waals surface area contributed by atoms with E-state index in [2.05, 4.69) is 20.8 Å². The molecule has 122 valence electrons. The predicted molar refractivity (Wildman–Crippen MR) is 84.7 cm³/mol. The van der Waals surface area contributed by atoms with Crippen molar-refractivity contribution in [2.24, 2.45) is 0 Å². The molecule has 24 heavy (non-hydrogen) atoms. The van der Waals surface area contributed by atoms with Gasteiger partial charge in [-0.05, 0) is 24.3 Å². The van der Waals surface area contributed by atoms with Gasteiger partial charge in [-0.1, -0.05) is 18.2 Å². The van der Waals surface area contributed by atoms with Crippen LogP contribution in [0, 0.1) is 0 Å². The lowest BCUT2D eigenvalue weighted by atomic mass is 10.3. The molecule has 0 fully saturated rings. The molecule has 0 aliphatic rings. The molecule has 0 atom stereocenters. The fourth-order valence-electron chi connectivity index (χ4n) is 1.99. The molecule has 2 heterocycles. The molecule has 3 rings (SSSR count). The number of amides is 2. The third-order valence-corrected chi connectivity index (χ3v) is 3.15. The van der Waals surface area contributed by atoms with Gasteiger partial charge in [0.05, 0.1) is 18.1 Å². The first-order valence-electron chi connectivity index (χ1n) is 7.32. The molecule has 1 aromatic carbocycles. The summed E-state index contributed by atoms with van der Waals surface area (Å²) in [4.78, 5) is 25.0. The molecular formula is C16H15N5O3. The van der Waals surface area contributed by atoms with Crippen molar-refractivity contribution in [3.8, 4) is 5.69 Å². The Morgan fingerprint density at radius 2 is 1.75 bits per heavy atom. The summed E-state index contributed by atoms with van der Waals surface area (Å²) < 4.78 is 4.97. The quantitative estimate of drug-likeness (QED) is 0.659. The molecule has 2 N–H and O–H groups in total. The van der Waals surface area contributed by atoms with Gasteiger partial charge in [-0.25, -0.2) is 0 Å². The van der Waals surface area contributed by atoms with Gasteiger partial charge < -0.3 is 15.1 Å². The summed E-state index contributed by atoms with van der Waals surface area (Å²) in [6.45, 7) is 0.543. The van der Waals surface area contributed by atoms with E-state index in [0.29, 0.717) is 0 Å². The maximum absolute atomic E-state index is 12.0. The monoisotopic (exact) mass is 325 g/mol. The summed E-state index contributed by atoms with van der Waals surface area (Å²) in [6, 6.07) is 12.5. The zero-order valence-electron chi connectivity index (χ0n) is 12.7. The van der Waals surface area contributed by atoms with Crippen LogP contribution in [0.4, 0.5) is 0 Å². The van der Waals surface area contributed by atoms with Crippen LogP contribution in [0.2, 0.25) is 0 Å². The largest absolute Gasteiger partial charge is 0.459 e. The van der Waals surface area contributed by atoms with E-state index >= 15 is 0 Å². The molecule has 0 bridgehead atoms. The minimum absolute atomic E-state index is 0.205. The minimum atomic E-state index is -0.357. The number of hydrogen-bond donors (Lipinski definition) is 2. The molecular weight excluding hydrogens is 310 g/mol. The van der Waals surface area contributed by atoms with E-state index in [1.165, 1.54) is 17.3 Å². The van der Waals surface area contributed by atoms with Crippen LogP contribution in [0.5, 0.6) is 0 Å². The number of carbonyl (C=O) groups excluding carboxylic acids is 2. The second kappa shape index (κ2) is 7.23. The number of carbonyl (C=O) groups is 2. The van der Waals surface area contributed by atoms with Crippen LogP contribution in [-0.4, -0.2) is 39.9 Å². The van der Waals surface area contributed by atoms with E-state index in [1.54, 1.807) is 12.1 Å². The van der Waals surface area contributed by atoms with Crippen molar-refractivity contribution in [3.63, 3.8) is 0 Å². The first-order valence-corrected chi connectivity index (χ1v) is 7.32. The van der Waals surface area contributed by atoms with Crippen LogP contribution in [0.15, 0.2) is 59.3 Å². The summed E-state index contributed by atoms with van der Waals surface area (Å²) in [6.07, 6.45) is 2.82. The summed E-state index contributed by atoms with van der Waals surface area (Å²) >= 11 is 0. The minimum Gasteiger partial charge on any atom is -0.459 e. The predicted octanol–water partition coefficient (Wildman–Crippen LogP) is 1.02. The summed E-state index contributed by atoms with van der Waals surface area (Å²) in [5, 5.41) is 13.5. The first-order chi connectivity index (χ1) is 11.7. The van der Waals surface area contributed by atoms with Gasteiger partial charge in [0.1, 0.15) is 0 Å². The average molecular weight is 325 g/mol. The molecule has 2 amide bonds. The fraction of sp³-hybridized carbons (Fsp3) is 0.125. The van der Waals surface area contributed by atoms with Crippen molar-refractivity contribution in [1.82, 2.24) is 25.6 Å². The van der Waals surface area contributed by atoms with Crippen molar-refractivity contribution in [1.29, 1.82) is 0 Å². The molecule has 0 aliphatic heterocycles. The van der Waals surface area contributed by atoms with E-state index in [0.717, 1.165) is 5.69 Å². The standard InChI is InChI=1S/C16H15N5O3/c22-15(17-8-9-18-16(23)14-7-4-10-24-14)13-11-19-21(20-13)12-5-2-1-3-6-12/h1-7,10-11H,8-9H2,(H,17,22)(H,18,23). The highest BCUT2D eigenvalue weighted by Crippen LogP contribution is 2.04. The molecule has 8 nitrogen and oxygen atoms in total. The summed E-state index contributed by atoms with van der Waals surface area (Å²) in [5.41, 5.74) is 0.971. The Balaban J connectivity index is 1.47. The smallest absolute Gasteiger partial charge is 0.287 e. The average Bonchev–Trinajstić information content (AvgIpc) is 3.31. The van der Waals surface area contributed by atoms with Crippen LogP contribution >= 0.6 is 0 Å². The molecule has 3 aromatic rings. The number of nitrogens with zero attached hydrogens (tertiary/aromatic N) is 3. The van der Waals surface area contributed by atoms with E-state index in [-0.39, 0.29) is 36.4 Å². The molecule has 0 saturated carbocycles. The third kappa shape index (κ3) is 3.67. The Morgan fingerprint density at radius 1 is 1.00 bits per heavy atom. The SMILES string of the molecule is O=C(NCCNC(=O)c1ccco1)c1cnn(-c2ccccc2)n1. The molecule has 0 spiro atoms. The number of para-hydroxylation sites is 1. The zero-order valence-corrected chi connectivity index (χ0v) is 12.7. The lowest BCUT2D eigenvalue weighted by molar-refractivity contribution is 0.0909. The molecule has 0 radical (unpaired) electrons. The Bertz CT molecular complexity index is 811. The maximum atomic E-state index is 12.0. The molecule has 8 heteroatoms. The van der Waals surface area contributed by atoms with E-state index in [1.807, 2.05) is 30.3 Å². The molecule has 0 saturated heterocycles. The van der Waals surface area contributed by atoms with Crippen LogP contribution in [-0.2, 0) is 0 Å². The van der Waals surface area contributed by atoms with Crippen molar-refractivity contribution >= 4 is 11.8 Å². The highest BCUT2D eigenvalue weighted by molar-refractivity contribution is 5.92. The summed E-state index contributed by atoms with van der Waals surface area (Å²) in [5.74, 6) is -0.458.